The van der Waals surface area contributed by atoms with Gasteiger partial charge < -0.3 is 4.90 Å². The number of nitrogens with zero attached hydrogens (tertiary/aromatic N) is 3. The summed E-state index contributed by atoms with van der Waals surface area (Å²) in [5.74, 6) is -0.776. The van der Waals surface area contributed by atoms with Crippen LogP contribution in [0.15, 0.2) is 42.5 Å². The number of carbonyl (C=O) groups is 2. The third kappa shape index (κ3) is 3.48. The van der Waals surface area contributed by atoms with E-state index in [0.29, 0.717) is 47.6 Å². The van der Waals surface area contributed by atoms with Gasteiger partial charge in [-0.3, -0.25) is 14.5 Å². The van der Waals surface area contributed by atoms with Gasteiger partial charge in [0.05, 0.1) is 33.9 Å². The van der Waals surface area contributed by atoms with Crippen molar-refractivity contribution in [3.63, 3.8) is 0 Å². The highest BCUT2D eigenvalue weighted by Crippen LogP contribution is 2.32. The molecule has 2 heterocycles. The van der Waals surface area contributed by atoms with E-state index >= 15 is 0 Å². The molecule has 2 amide bonds. The first-order valence-electron chi connectivity index (χ1n) is 9.01. The second-order valence-corrected chi connectivity index (χ2v) is 7.67. The minimum atomic E-state index is -0.510. The lowest BCUT2D eigenvalue weighted by atomic mass is 10.1. The molecule has 28 heavy (non-hydrogen) atoms. The SMILES string of the molecule is O=C1C[C@H](N2CCN(c3ccccc3F)CC2)C(=O)N1c1ccc(Cl)c(Cl)c1. The normalized spacial score (nSPS) is 20.9. The fraction of sp³-hybridized carbons (Fsp3) is 0.300. The van der Waals surface area contributed by atoms with E-state index in [2.05, 4.69) is 0 Å². The van der Waals surface area contributed by atoms with Gasteiger partial charge in [0.25, 0.3) is 5.91 Å². The number of halogens is 3. The maximum Gasteiger partial charge on any atom is 0.251 e. The van der Waals surface area contributed by atoms with Crippen LogP contribution in [0.1, 0.15) is 6.42 Å². The summed E-state index contributed by atoms with van der Waals surface area (Å²) < 4.78 is 14.0. The lowest BCUT2D eigenvalue weighted by molar-refractivity contribution is -0.123. The van der Waals surface area contributed by atoms with Crippen LogP contribution in [-0.4, -0.2) is 48.9 Å². The second kappa shape index (κ2) is 7.70. The highest BCUT2D eigenvalue weighted by molar-refractivity contribution is 6.42. The van der Waals surface area contributed by atoms with Gasteiger partial charge in [0.2, 0.25) is 5.91 Å². The number of hydrogen-bond acceptors (Lipinski definition) is 4. The minimum absolute atomic E-state index is 0.124. The van der Waals surface area contributed by atoms with E-state index in [0.717, 1.165) is 0 Å². The van der Waals surface area contributed by atoms with Gasteiger partial charge in [-0.15, -0.1) is 0 Å². The highest BCUT2D eigenvalue weighted by Gasteiger charge is 2.43. The van der Waals surface area contributed by atoms with E-state index in [-0.39, 0.29) is 24.1 Å². The summed E-state index contributed by atoms with van der Waals surface area (Å²) in [6.07, 6.45) is 0.124. The number of rotatable bonds is 3. The van der Waals surface area contributed by atoms with Crippen LogP contribution in [0.3, 0.4) is 0 Å². The number of piperazine rings is 1. The third-order valence-corrected chi connectivity index (χ3v) is 5.97. The largest absolute Gasteiger partial charge is 0.367 e. The summed E-state index contributed by atoms with van der Waals surface area (Å²) in [7, 11) is 0. The number of anilines is 2. The molecule has 0 bridgehead atoms. The molecule has 146 valence electrons. The van der Waals surface area contributed by atoms with Crippen LogP contribution < -0.4 is 9.80 Å². The Bertz CT molecular complexity index is 931. The third-order valence-electron chi connectivity index (χ3n) is 5.23. The fourth-order valence-electron chi connectivity index (χ4n) is 3.78. The van der Waals surface area contributed by atoms with Crippen LogP contribution in [0.5, 0.6) is 0 Å². The van der Waals surface area contributed by atoms with Crippen molar-refractivity contribution in [2.75, 3.05) is 36.0 Å². The quantitative estimate of drug-likeness (QED) is 0.710. The lowest BCUT2D eigenvalue weighted by Crippen LogP contribution is -2.52. The van der Waals surface area contributed by atoms with Crippen LogP contribution in [0, 0.1) is 5.82 Å². The summed E-state index contributed by atoms with van der Waals surface area (Å²) in [4.78, 5) is 30.6. The first-order valence-corrected chi connectivity index (χ1v) is 9.76. The van der Waals surface area contributed by atoms with Crippen molar-refractivity contribution in [1.82, 2.24) is 4.90 Å². The van der Waals surface area contributed by atoms with E-state index in [1.54, 1.807) is 30.3 Å². The second-order valence-electron chi connectivity index (χ2n) is 6.86. The molecule has 0 N–H and O–H groups in total. The predicted molar refractivity (Wildman–Crippen MR) is 108 cm³/mol. The van der Waals surface area contributed by atoms with Gasteiger partial charge in [-0.05, 0) is 30.3 Å². The first kappa shape index (κ1) is 19.2. The van der Waals surface area contributed by atoms with Crippen LogP contribution >= 0.6 is 23.2 Å². The van der Waals surface area contributed by atoms with E-state index in [1.807, 2.05) is 9.80 Å². The molecule has 0 spiro atoms. The molecule has 2 aliphatic heterocycles. The Labute approximate surface area is 172 Å². The van der Waals surface area contributed by atoms with Crippen molar-refractivity contribution in [1.29, 1.82) is 0 Å². The van der Waals surface area contributed by atoms with Crippen molar-refractivity contribution in [3.05, 3.63) is 58.3 Å². The zero-order chi connectivity index (χ0) is 19.8. The number of carbonyl (C=O) groups excluding carboxylic acids is 2. The lowest BCUT2D eigenvalue weighted by Gasteiger charge is -2.38. The van der Waals surface area contributed by atoms with Crippen molar-refractivity contribution in [3.8, 4) is 0 Å². The van der Waals surface area contributed by atoms with Gasteiger partial charge in [0.1, 0.15) is 5.82 Å². The van der Waals surface area contributed by atoms with E-state index in [9.17, 15) is 14.0 Å². The highest BCUT2D eigenvalue weighted by atomic mass is 35.5. The smallest absolute Gasteiger partial charge is 0.251 e. The van der Waals surface area contributed by atoms with Gasteiger partial charge in [0, 0.05) is 26.2 Å². The monoisotopic (exact) mass is 421 g/mol. The van der Waals surface area contributed by atoms with Crippen LogP contribution in [-0.2, 0) is 9.59 Å². The number of imide groups is 1. The molecule has 0 unspecified atom stereocenters. The Morgan fingerprint density at radius 1 is 0.929 bits per heavy atom. The molecule has 0 aliphatic carbocycles. The summed E-state index contributed by atoms with van der Waals surface area (Å²) in [6.45, 7) is 2.33. The van der Waals surface area contributed by atoms with Crippen molar-refractivity contribution in [2.45, 2.75) is 12.5 Å². The topological polar surface area (TPSA) is 43.9 Å². The number of hydrogen-bond donors (Lipinski definition) is 0. The van der Waals surface area contributed by atoms with E-state index in [4.69, 9.17) is 23.2 Å². The van der Waals surface area contributed by atoms with Gasteiger partial charge >= 0.3 is 0 Å². The molecule has 0 saturated carbocycles. The molecule has 0 aromatic heterocycles. The van der Waals surface area contributed by atoms with Crippen molar-refractivity contribution >= 4 is 46.4 Å². The van der Waals surface area contributed by atoms with Crippen LogP contribution in [0.25, 0.3) is 0 Å². The molecule has 2 fully saturated rings. The zero-order valence-electron chi connectivity index (χ0n) is 14.9. The molecule has 2 aliphatic rings. The molecule has 1 atom stereocenters. The average molecular weight is 422 g/mol. The van der Waals surface area contributed by atoms with E-state index in [1.165, 1.54) is 17.0 Å². The van der Waals surface area contributed by atoms with E-state index < -0.39 is 6.04 Å². The number of para-hydroxylation sites is 1. The minimum Gasteiger partial charge on any atom is -0.367 e. The molecule has 2 aromatic rings. The van der Waals surface area contributed by atoms with Crippen LogP contribution in [0.2, 0.25) is 10.0 Å². The molecular weight excluding hydrogens is 404 g/mol. The molecule has 2 aromatic carbocycles. The van der Waals surface area contributed by atoms with Gasteiger partial charge in [-0.1, -0.05) is 35.3 Å². The van der Waals surface area contributed by atoms with Gasteiger partial charge in [0.15, 0.2) is 0 Å². The maximum absolute atomic E-state index is 14.0. The molecule has 0 radical (unpaired) electrons. The Hall–Kier alpha value is -2.15. The molecule has 8 heteroatoms. The van der Waals surface area contributed by atoms with Gasteiger partial charge in [-0.2, -0.15) is 0 Å². The maximum atomic E-state index is 14.0. The summed E-state index contributed by atoms with van der Waals surface area (Å²) in [5.41, 5.74) is 0.991. The number of benzene rings is 2. The predicted octanol–water partition coefficient (Wildman–Crippen LogP) is 3.59. The van der Waals surface area contributed by atoms with Crippen molar-refractivity contribution < 1.29 is 14.0 Å². The molecular formula is C20H18Cl2FN3O2. The van der Waals surface area contributed by atoms with Gasteiger partial charge in [-0.25, -0.2) is 9.29 Å². The standard InChI is InChI=1S/C20H18Cl2FN3O2/c21-14-6-5-13(11-15(14)22)26-19(27)12-18(20(26)28)25-9-7-24(8-10-25)17-4-2-1-3-16(17)23/h1-6,11,18H,7-10,12H2/t18-/m0/s1. The molecule has 5 nitrogen and oxygen atoms in total. The first-order chi connectivity index (χ1) is 13.5. The number of amides is 2. The Balaban J connectivity index is 1.46. The summed E-state index contributed by atoms with van der Waals surface area (Å²) in [6, 6.07) is 10.9. The summed E-state index contributed by atoms with van der Waals surface area (Å²) in [5, 5.41) is 0.659. The zero-order valence-corrected chi connectivity index (χ0v) is 16.5. The average Bonchev–Trinajstić information content (AvgIpc) is 2.99. The Kier molecular flexibility index (Phi) is 5.27. The molecule has 4 rings (SSSR count). The Morgan fingerprint density at radius 2 is 1.64 bits per heavy atom. The molecule has 2 saturated heterocycles. The fourth-order valence-corrected chi connectivity index (χ4v) is 4.07. The Morgan fingerprint density at radius 3 is 2.32 bits per heavy atom. The van der Waals surface area contributed by atoms with Crippen molar-refractivity contribution in [2.24, 2.45) is 0 Å². The summed E-state index contributed by atoms with van der Waals surface area (Å²) >= 11 is 12.0. The van der Waals surface area contributed by atoms with Crippen LogP contribution in [0.4, 0.5) is 15.8 Å².